The van der Waals surface area contributed by atoms with E-state index in [1.807, 2.05) is 0 Å². The Hall–Kier alpha value is -5.46. The molecule has 8 aromatic carbocycles. The predicted octanol–water partition coefficient (Wildman–Crippen LogP) is 15.6. The summed E-state index contributed by atoms with van der Waals surface area (Å²) in [4.78, 5) is 0. The third kappa shape index (κ3) is 6.64. The molecule has 0 amide bonds. The van der Waals surface area contributed by atoms with Crippen molar-refractivity contribution >= 4 is 32.3 Å². The normalized spacial score (nSPS) is 11.6. The second-order valence-corrected chi connectivity index (χ2v) is 15.1. The van der Waals surface area contributed by atoms with Gasteiger partial charge in [0, 0.05) is 0 Å². The summed E-state index contributed by atoms with van der Waals surface area (Å²) in [5, 5.41) is 7.85. The summed E-state index contributed by atoms with van der Waals surface area (Å²) in [7, 11) is 0. The summed E-state index contributed by atoms with van der Waals surface area (Å²) in [6, 6.07) is 56.3. The number of rotatable bonds is 12. The van der Waals surface area contributed by atoms with Gasteiger partial charge in [0.1, 0.15) is 0 Å². The van der Waals surface area contributed by atoms with Gasteiger partial charge in [-0.25, -0.2) is 0 Å². The summed E-state index contributed by atoms with van der Waals surface area (Å²) in [5.41, 5.74) is 15.9. The second-order valence-electron chi connectivity index (χ2n) is 15.1. The minimum Gasteiger partial charge on any atom is -0.0651 e. The van der Waals surface area contributed by atoms with E-state index >= 15 is 0 Å². The Labute approximate surface area is 322 Å². The Balaban J connectivity index is 1.62. The van der Waals surface area contributed by atoms with Crippen molar-refractivity contribution in [3.63, 3.8) is 0 Å². The lowest BCUT2D eigenvalue weighted by molar-refractivity contribution is 0.922. The molecule has 0 aliphatic rings. The Morgan fingerprint density at radius 2 is 0.463 bits per heavy atom. The van der Waals surface area contributed by atoms with Crippen molar-refractivity contribution in [2.75, 3.05) is 0 Å². The van der Waals surface area contributed by atoms with Gasteiger partial charge in [-0.1, -0.05) is 199 Å². The van der Waals surface area contributed by atoms with E-state index < -0.39 is 0 Å². The Bertz CT molecular complexity index is 2170. The van der Waals surface area contributed by atoms with E-state index in [0.29, 0.717) is 0 Å². The lowest BCUT2D eigenvalue weighted by Crippen LogP contribution is -1.98. The molecule has 0 bridgehead atoms. The molecule has 0 N–H and O–H groups in total. The number of hydrogen-bond acceptors (Lipinski definition) is 0. The van der Waals surface area contributed by atoms with Crippen LogP contribution in [0.25, 0.3) is 76.8 Å². The highest BCUT2D eigenvalue weighted by molar-refractivity contribution is 6.33. The zero-order chi connectivity index (χ0) is 37.0. The molecule has 0 spiro atoms. The molecule has 268 valence electrons. The highest BCUT2D eigenvalue weighted by atomic mass is 14.3. The fourth-order valence-corrected chi connectivity index (χ4v) is 8.83. The van der Waals surface area contributed by atoms with Crippen molar-refractivity contribution < 1.29 is 0 Å². The molecule has 8 aromatic rings. The number of fused-ring (bicyclic) bond motifs is 3. The maximum Gasteiger partial charge on any atom is -0.000139 e. The van der Waals surface area contributed by atoms with Crippen LogP contribution in [0.4, 0.5) is 0 Å². The third-order valence-corrected chi connectivity index (χ3v) is 11.3. The van der Waals surface area contributed by atoms with Crippen molar-refractivity contribution in [2.24, 2.45) is 0 Å². The van der Waals surface area contributed by atoms with E-state index in [-0.39, 0.29) is 0 Å². The number of aryl methyl sites for hydroxylation is 4. The van der Waals surface area contributed by atoms with Gasteiger partial charge >= 0.3 is 0 Å². The first-order valence-corrected chi connectivity index (χ1v) is 20.4. The van der Waals surface area contributed by atoms with Crippen molar-refractivity contribution in [2.45, 2.75) is 79.1 Å². The minimum atomic E-state index is 1.09. The molecule has 0 aliphatic heterocycles. The summed E-state index contributed by atoms with van der Waals surface area (Å²) in [5.74, 6) is 0. The summed E-state index contributed by atoms with van der Waals surface area (Å²) in [6.07, 6.45) is 8.92. The molecule has 0 nitrogen and oxygen atoms in total. The van der Waals surface area contributed by atoms with E-state index in [0.717, 1.165) is 51.4 Å². The average molecular weight is 701 g/mol. The van der Waals surface area contributed by atoms with Crippen LogP contribution in [0.5, 0.6) is 0 Å². The lowest BCUT2D eigenvalue weighted by atomic mass is 9.77. The van der Waals surface area contributed by atoms with Crippen molar-refractivity contribution in [3.05, 3.63) is 168 Å². The van der Waals surface area contributed by atoms with Crippen LogP contribution in [0, 0.1) is 0 Å². The van der Waals surface area contributed by atoms with Gasteiger partial charge in [0.15, 0.2) is 0 Å². The molecule has 0 atom stereocenters. The topological polar surface area (TPSA) is 0 Å². The average Bonchev–Trinajstić information content (AvgIpc) is 3.21. The van der Waals surface area contributed by atoms with E-state index in [1.54, 1.807) is 0 Å². The van der Waals surface area contributed by atoms with Gasteiger partial charge in [-0.15, -0.1) is 0 Å². The highest BCUT2D eigenvalue weighted by Gasteiger charge is 2.26. The molecule has 0 heteroatoms. The van der Waals surface area contributed by atoms with E-state index in [2.05, 4.69) is 173 Å². The standard InChI is InChI=1S/C54H52/c1-5-13-37-21-29-41(30-22-37)49-45-17-9-10-18-46(45)51(43-33-25-39(15-7-3)26-34-43)54-52(44-35-27-40(16-8-4)28-36-44)48-20-12-11-19-47(48)50(53(49)54)42-31-23-38(14-6-2)24-32-42/h9-12,17-36H,5-8,13-16H2,1-4H3. The zero-order valence-electron chi connectivity index (χ0n) is 32.5. The Kier molecular flexibility index (Phi) is 10.5. The summed E-state index contributed by atoms with van der Waals surface area (Å²) in [6.45, 7) is 9.06. The van der Waals surface area contributed by atoms with Crippen LogP contribution in [0.15, 0.2) is 146 Å². The first-order valence-electron chi connectivity index (χ1n) is 20.4. The SMILES string of the molecule is CCCc1ccc(-c2c3ccccc3c(-c3ccc(CCC)cc3)c3c(-c4ccc(CCC)cc4)c4ccccc4c(-c4ccc(CCC)cc4)c23)cc1. The fraction of sp³-hybridized carbons (Fsp3) is 0.222. The molecule has 0 aliphatic carbocycles. The third-order valence-electron chi connectivity index (χ3n) is 11.3. The van der Waals surface area contributed by atoms with Crippen LogP contribution in [0.3, 0.4) is 0 Å². The molecule has 0 aromatic heterocycles. The van der Waals surface area contributed by atoms with E-state index in [9.17, 15) is 0 Å². The van der Waals surface area contributed by atoms with E-state index in [1.165, 1.54) is 99.1 Å². The predicted molar refractivity (Wildman–Crippen MR) is 237 cm³/mol. The molecule has 8 rings (SSSR count). The van der Waals surface area contributed by atoms with Gasteiger partial charge in [-0.2, -0.15) is 0 Å². The van der Waals surface area contributed by atoms with Gasteiger partial charge in [-0.3, -0.25) is 0 Å². The van der Waals surface area contributed by atoms with Crippen LogP contribution in [0.1, 0.15) is 75.6 Å². The molecule has 0 heterocycles. The zero-order valence-corrected chi connectivity index (χ0v) is 32.5. The maximum atomic E-state index is 2.38. The monoisotopic (exact) mass is 700 g/mol. The van der Waals surface area contributed by atoms with Gasteiger partial charge in [0.2, 0.25) is 0 Å². The van der Waals surface area contributed by atoms with Gasteiger partial charge in [-0.05, 0) is 125 Å². The fourth-order valence-electron chi connectivity index (χ4n) is 8.83. The first kappa shape index (κ1) is 35.6. The largest absolute Gasteiger partial charge is 0.0651 e. The minimum absolute atomic E-state index is 1.09. The van der Waals surface area contributed by atoms with Gasteiger partial charge in [0.05, 0.1) is 0 Å². The van der Waals surface area contributed by atoms with Gasteiger partial charge in [0.25, 0.3) is 0 Å². The van der Waals surface area contributed by atoms with Crippen molar-refractivity contribution in [1.82, 2.24) is 0 Å². The maximum absolute atomic E-state index is 2.38. The van der Waals surface area contributed by atoms with Crippen LogP contribution < -0.4 is 0 Å². The molecular formula is C54H52. The molecule has 54 heavy (non-hydrogen) atoms. The molecule has 0 unspecified atom stereocenters. The Morgan fingerprint density at radius 3 is 0.648 bits per heavy atom. The van der Waals surface area contributed by atoms with Crippen LogP contribution >= 0.6 is 0 Å². The molecule has 0 radical (unpaired) electrons. The molecule has 0 saturated heterocycles. The lowest BCUT2D eigenvalue weighted by Gasteiger charge is -2.25. The van der Waals surface area contributed by atoms with Crippen molar-refractivity contribution in [1.29, 1.82) is 0 Å². The van der Waals surface area contributed by atoms with E-state index in [4.69, 9.17) is 0 Å². The van der Waals surface area contributed by atoms with Crippen LogP contribution in [0.2, 0.25) is 0 Å². The van der Waals surface area contributed by atoms with Crippen molar-refractivity contribution in [3.8, 4) is 44.5 Å². The molecule has 0 saturated carbocycles. The van der Waals surface area contributed by atoms with Crippen LogP contribution in [-0.4, -0.2) is 0 Å². The summed E-state index contributed by atoms with van der Waals surface area (Å²) < 4.78 is 0. The quantitative estimate of drug-likeness (QED) is 0.111. The Morgan fingerprint density at radius 1 is 0.259 bits per heavy atom. The van der Waals surface area contributed by atoms with Gasteiger partial charge < -0.3 is 0 Å². The second kappa shape index (κ2) is 15.9. The molecule has 0 fully saturated rings. The van der Waals surface area contributed by atoms with Crippen LogP contribution in [-0.2, 0) is 25.7 Å². The number of hydrogen-bond donors (Lipinski definition) is 0. The number of benzene rings is 8. The first-order chi connectivity index (χ1) is 26.6. The molecular weight excluding hydrogens is 649 g/mol. The smallest absolute Gasteiger partial charge is 0.000139 e. The summed E-state index contributed by atoms with van der Waals surface area (Å²) >= 11 is 0. The highest BCUT2D eigenvalue weighted by Crippen LogP contribution is 2.53.